The maximum Gasteiger partial charge on any atom is 0.0647 e. The average Bonchev–Trinajstić information content (AvgIpc) is 3.49. The summed E-state index contributed by atoms with van der Waals surface area (Å²) in [5.41, 5.74) is 0.157. The first kappa shape index (κ1) is 22.7. The number of rotatable bonds is 5. The molecule has 2 N–H and O–H groups in total. The molecule has 10 atom stereocenters. The van der Waals surface area contributed by atoms with E-state index < -0.39 is 11.2 Å². The molecular weight excluding hydrogens is 380 g/mol. The van der Waals surface area contributed by atoms with Gasteiger partial charge in [0.1, 0.15) is 0 Å². The van der Waals surface area contributed by atoms with Crippen LogP contribution >= 0.6 is 0 Å². The molecule has 0 radical (unpaired) electrons. The molecule has 5 fully saturated rings. The molecule has 5 aliphatic carbocycles. The zero-order valence-corrected chi connectivity index (χ0v) is 21.1. The Morgan fingerprint density at radius 2 is 1.58 bits per heavy atom. The summed E-state index contributed by atoms with van der Waals surface area (Å²) in [5, 5.41) is 21.6. The van der Waals surface area contributed by atoms with Crippen LogP contribution in [0.2, 0.25) is 0 Å². The van der Waals surface area contributed by atoms with Gasteiger partial charge in [0.05, 0.1) is 11.2 Å². The molecule has 0 bridgehead atoms. The van der Waals surface area contributed by atoms with E-state index in [1.54, 1.807) is 0 Å². The SMILES string of the molecule is C[C@H](CC[C@](C)(O)C1CC1)[C@H]1CC[C@H]2[C@@H]3CC[C@H]4C[C@@](C)(O)CC[C@]4(C)[C@H]3CC[C@]12C. The zero-order valence-electron chi connectivity index (χ0n) is 21.1. The van der Waals surface area contributed by atoms with Crippen molar-refractivity contribution in [1.29, 1.82) is 0 Å². The highest BCUT2D eigenvalue weighted by atomic mass is 16.3. The number of hydrogen-bond acceptors (Lipinski definition) is 2. The lowest BCUT2D eigenvalue weighted by Crippen LogP contribution is -2.55. The average molecular weight is 431 g/mol. The Labute approximate surface area is 192 Å². The van der Waals surface area contributed by atoms with Crippen LogP contribution in [0, 0.1) is 52.3 Å². The molecule has 178 valence electrons. The van der Waals surface area contributed by atoms with Crippen molar-refractivity contribution in [2.75, 3.05) is 0 Å². The van der Waals surface area contributed by atoms with Gasteiger partial charge >= 0.3 is 0 Å². The molecule has 5 rings (SSSR count). The summed E-state index contributed by atoms with van der Waals surface area (Å²) in [6.07, 6.45) is 16.5. The first-order valence-electron chi connectivity index (χ1n) is 13.9. The molecule has 5 saturated carbocycles. The first-order valence-corrected chi connectivity index (χ1v) is 13.9. The first-order chi connectivity index (χ1) is 14.5. The van der Waals surface area contributed by atoms with Gasteiger partial charge in [0.2, 0.25) is 0 Å². The van der Waals surface area contributed by atoms with E-state index in [1.807, 2.05) is 0 Å². The molecule has 2 heteroatoms. The Balaban J connectivity index is 1.28. The van der Waals surface area contributed by atoms with Gasteiger partial charge in [0.25, 0.3) is 0 Å². The smallest absolute Gasteiger partial charge is 0.0647 e. The largest absolute Gasteiger partial charge is 0.390 e. The monoisotopic (exact) mass is 430 g/mol. The third-order valence-corrected chi connectivity index (χ3v) is 12.3. The van der Waals surface area contributed by atoms with E-state index in [2.05, 4.69) is 34.6 Å². The van der Waals surface area contributed by atoms with Crippen molar-refractivity contribution >= 4 is 0 Å². The predicted octanol–water partition coefficient (Wildman–Crippen LogP) is 6.97. The molecule has 0 heterocycles. The quantitative estimate of drug-likeness (QED) is 0.494. The summed E-state index contributed by atoms with van der Waals surface area (Å²) in [6, 6.07) is 0. The lowest BCUT2D eigenvalue weighted by molar-refractivity contribution is -0.148. The Hall–Kier alpha value is -0.0800. The lowest BCUT2D eigenvalue weighted by atomic mass is 9.43. The Bertz CT molecular complexity index is 678. The molecule has 0 aromatic carbocycles. The van der Waals surface area contributed by atoms with Crippen molar-refractivity contribution in [1.82, 2.24) is 0 Å². The molecule has 31 heavy (non-hydrogen) atoms. The second kappa shape index (κ2) is 7.46. The van der Waals surface area contributed by atoms with Crippen LogP contribution in [0.3, 0.4) is 0 Å². The van der Waals surface area contributed by atoms with Crippen molar-refractivity contribution in [2.45, 2.75) is 129 Å². The normalized spacial score (nSPS) is 52.5. The molecule has 0 aliphatic heterocycles. The summed E-state index contributed by atoms with van der Waals surface area (Å²) in [4.78, 5) is 0. The van der Waals surface area contributed by atoms with Crippen molar-refractivity contribution < 1.29 is 10.2 Å². The van der Waals surface area contributed by atoms with Gasteiger partial charge in [-0.25, -0.2) is 0 Å². The van der Waals surface area contributed by atoms with Crippen LogP contribution in [0.4, 0.5) is 0 Å². The fourth-order valence-corrected chi connectivity index (χ4v) is 10.0. The Morgan fingerprint density at radius 3 is 2.29 bits per heavy atom. The highest BCUT2D eigenvalue weighted by molar-refractivity contribution is 5.10. The minimum absolute atomic E-state index is 0.417. The van der Waals surface area contributed by atoms with E-state index in [-0.39, 0.29) is 0 Å². The van der Waals surface area contributed by atoms with E-state index in [1.165, 1.54) is 64.2 Å². The summed E-state index contributed by atoms with van der Waals surface area (Å²) in [5.74, 6) is 5.65. The Morgan fingerprint density at radius 1 is 0.871 bits per heavy atom. The standard InChI is InChI=1S/C29H50O2/c1-19(12-15-29(5,31)20-6-7-20)23-10-11-24-22-9-8-21-18-26(2,30)16-17-27(21,3)25(22)13-14-28(23,24)4/h19-25,30-31H,6-18H2,1-5H3/t19-,21+,22+,23-,24+,25+,26+,27+,28-,29+/m1/s1. The molecule has 0 aromatic heterocycles. The van der Waals surface area contributed by atoms with Gasteiger partial charge in [-0.1, -0.05) is 20.8 Å². The number of aliphatic hydroxyl groups is 2. The number of fused-ring (bicyclic) bond motifs is 5. The molecule has 0 aromatic rings. The van der Waals surface area contributed by atoms with Crippen LogP contribution < -0.4 is 0 Å². The summed E-state index contributed by atoms with van der Waals surface area (Å²) >= 11 is 0. The molecule has 2 nitrogen and oxygen atoms in total. The maximum absolute atomic E-state index is 10.9. The van der Waals surface area contributed by atoms with Gasteiger partial charge in [-0.15, -0.1) is 0 Å². The molecule has 0 saturated heterocycles. The lowest BCUT2D eigenvalue weighted by Gasteiger charge is -2.62. The van der Waals surface area contributed by atoms with Gasteiger partial charge in [-0.2, -0.15) is 0 Å². The van der Waals surface area contributed by atoms with Crippen LogP contribution in [-0.2, 0) is 0 Å². The van der Waals surface area contributed by atoms with Crippen molar-refractivity contribution in [3.8, 4) is 0 Å². The van der Waals surface area contributed by atoms with Crippen LogP contribution in [0.1, 0.15) is 118 Å². The predicted molar refractivity (Wildman–Crippen MR) is 128 cm³/mol. The molecule has 0 amide bonds. The maximum atomic E-state index is 10.9. The Kier molecular flexibility index (Phi) is 5.46. The van der Waals surface area contributed by atoms with E-state index in [0.717, 1.165) is 54.8 Å². The third kappa shape index (κ3) is 3.74. The van der Waals surface area contributed by atoms with Gasteiger partial charge < -0.3 is 10.2 Å². The highest BCUT2D eigenvalue weighted by Crippen LogP contribution is 2.69. The minimum Gasteiger partial charge on any atom is -0.390 e. The topological polar surface area (TPSA) is 40.5 Å². The van der Waals surface area contributed by atoms with Crippen LogP contribution in [0.15, 0.2) is 0 Å². The van der Waals surface area contributed by atoms with Gasteiger partial charge in [0, 0.05) is 0 Å². The van der Waals surface area contributed by atoms with Crippen molar-refractivity contribution in [2.24, 2.45) is 52.3 Å². The number of hydrogen-bond donors (Lipinski definition) is 2. The van der Waals surface area contributed by atoms with E-state index in [4.69, 9.17) is 0 Å². The van der Waals surface area contributed by atoms with Crippen LogP contribution in [-0.4, -0.2) is 21.4 Å². The molecule has 5 aliphatic rings. The van der Waals surface area contributed by atoms with E-state index in [0.29, 0.717) is 16.7 Å². The van der Waals surface area contributed by atoms with Crippen molar-refractivity contribution in [3.05, 3.63) is 0 Å². The fourth-order valence-electron chi connectivity index (χ4n) is 10.0. The third-order valence-electron chi connectivity index (χ3n) is 12.3. The fraction of sp³-hybridized carbons (Fsp3) is 1.00. The van der Waals surface area contributed by atoms with Gasteiger partial charge in [0.15, 0.2) is 0 Å². The second-order valence-corrected chi connectivity index (χ2v) is 14.2. The summed E-state index contributed by atoms with van der Waals surface area (Å²) in [7, 11) is 0. The summed E-state index contributed by atoms with van der Waals surface area (Å²) < 4.78 is 0. The van der Waals surface area contributed by atoms with Crippen LogP contribution in [0.25, 0.3) is 0 Å². The molecule has 0 spiro atoms. The molecule has 0 unspecified atom stereocenters. The van der Waals surface area contributed by atoms with Crippen molar-refractivity contribution in [3.63, 3.8) is 0 Å². The van der Waals surface area contributed by atoms with Crippen LogP contribution in [0.5, 0.6) is 0 Å². The summed E-state index contributed by atoms with van der Waals surface area (Å²) in [6.45, 7) is 12.0. The van der Waals surface area contributed by atoms with Gasteiger partial charge in [-0.3, -0.25) is 0 Å². The van der Waals surface area contributed by atoms with E-state index in [9.17, 15) is 10.2 Å². The van der Waals surface area contributed by atoms with Gasteiger partial charge in [-0.05, 0) is 150 Å². The molecular formula is C29H50O2. The minimum atomic E-state index is -0.421. The second-order valence-electron chi connectivity index (χ2n) is 14.2. The van der Waals surface area contributed by atoms with E-state index >= 15 is 0 Å². The highest BCUT2D eigenvalue weighted by Gasteiger charge is 2.61. The zero-order chi connectivity index (χ0) is 22.2.